The molecule has 0 fully saturated rings. The summed E-state index contributed by atoms with van der Waals surface area (Å²) in [5.41, 5.74) is 5.97. The third kappa shape index (κ3) is 9.46. The fourth-order valence-corrected chi connectivity index (χ4v) is 1.71. The first-order chi connectivity index (χ1) is 8.38. The summed E-state index contributed by atoms with van der Waals surface area (Å²) in [5, 5.41) is 2.96. The van der Waals surface area contributed by atoms with Crippen LogP contribution in [0.1, 0.15) is 72.6 Å². The molecule has 108 valence electrons. The van der Waals surface area contributed by atoms with E-state index in [4.69, 9.17) is 5.73 Å². The molecule has 0 bridgehead atoms. The molecular weight excluding hydrogens is 224 g/mol. The third-order valence-electron chi connectivity index (χ3n) is 3.37. The average molecular weight is 256 g/mol. The average Bonchev–Trinajstić information content (AvgIpc) is 2.26. The van der Waals surface area contributed by atoms with Crippen molar-refractivity contribution in [2.45, 2.75) is 78.7 Å². The van der Waals surface area contributed by atoms with Gasteiger partial charge in [0, 0.05) is 19.0 Å². The van der Waals surface area contributed by atoms with E-state index in [1.165, 1.54) is 32.1 Å². The van der Waals surface area contributed by atoms with Crippen molar-refractivity contribution in [3.8, 4) is 0 Å². The first-order valence-electron chi connectivity index (χ1n) is 7.40. The van der Waals surface area contributed by atoms with Crippen LogP contribution in [0.2, 0.25) is 0 Å². The van der Waals surface area contributed by atoms with E-state index in [1.54, 1.807) is 0 Å². The molecule has 3 nitrogen and oxygen atoms in total. The second-order valence-electron chi connectivity index (χ2n) is 6.29. The van der Waals surface area contributed by atoms with Crippen LogP contribution in [-0.2, 0) is 4.79 Å². The summed E-state index contributed by atoms with van der Waals surface area (Å²) >= 11 is 0. The molecule has 1 unspecified atom stereocenters. The first-order valence-corrected chi connectivity index (χ1v) is 7.40. The van der Waals surface area contributed by atoms with Gasteiger partial charge in [0.15, 0.2) is 0 Å². The monoisotopic (exact) mass is 256 g/mol. The quantitative estimate of drug-likeness (QED) is 0.622. The van der Waals surface area contributed by atoms with Gasteiger partial charge in [-0.05, 0) is 11.8 Å². The number of carbonyl (C=O) groups is 1. The van der Waals surface area contributed by atoms with Crippen LogP contribution < -0.4 is 11.1 Å². The van der Waals surface area contributed by atoms with Gasteiger partial charge in [0.2, 0.25) is 5.91 Å². The van der Waals surface area contributed by atoms with Crippen LogP contribution in [0.4, 0.5) is 0 Å². The minimum absolute atomic E-state index is 0.00249. The molecule has 0 heterocycles. The van der Waals surface area contributed by atoms with E-state index in [0.29, 0.717) is 6.42 Å². The molecule has 1 amide bonds. The Morgan fingerprint density at radius 2 is 1.67 bits per heavy atom. The van der Waals surface area contributed by atoms with Gasteiger partial charge < -0.3 is 11.1 Å². The highest BCUT2D eigenvalue weighted by Crippen LogP contribution is 2.19. The Kier molecular flexibility index (Phi) is 9.08. The first kappa shape index (κ1) is 17.4. The van der Waals surface area contributed by atoms with E-state index in [1.807, 2.05) is 0 Å². The number of hydrogen-bond acceptors (Lipinski definition) is 2. The molecule has 0 saturated heterocycles. The maximum Gasteiger partial charge on any atom is 0.221 e. The molecule has 0 saturated carbocycles. The Hall–Kier alpha value is -0.570. The largest absolute Gasteiger partial charge is 0.356 e. The number of amides is 1. The zero-order valence-electron chi connectivity index (χ0n) is 12.7. The number of nitrogens with one attached hydrogen (secondary N) is 1. The van der Waals surface area contributed by atoms with Gasteiger partial charge in [-0.2, -0.15) is 0 Å². The van der Waals surface area contributed by atoms with Gasteiger partial charge in [-0.15, -0.1) is 0 Å². The fourth-order valence-electron chi connectivity index (χ4n) is 1.71. The molecule has 0 radical (unpaired) electrons. The van der Waals surface area contributed by atoms with Crippen LogP contribution in [0, 0.1) is 5.41 Å². The molecule has 0 aliphatic rings. The van der Waals surface area contributed by atoms with Gasteiger partial charge in [0.05, 0.1) is 0 Å². The van der Waals surface area contributed by atoms with Gasteiger partial charge in [-0.3, -0.25) is 4.79 Å². The van der Waals surface area contributed by atoms with E-state index >= 15 is 0 Å². The van der Waals surface area contributed by atoms with Crippen molar-refractivity contribution in [2.24, 2.45) is 11.1 Å². The van der Waals surface area contributed by atoms with Crippen molar-refractivity contribution in [2.75, 3.05) is 6.54 Å². The normalized spacial score (nSPS) is 13.4. The predicted octanol–water partition coefficient (Wildman–Crippen LogP) is 3.23. The van der Waals surface area contributed by atoms with Crippen molar-refractivity contribution < 1.29 is 4.79 Å². The Labute approximate surface area is 113 Å². The minimum Gasteiger partial charge on any atom is -0.356 e. The SMILES string of the molecule is CCCCCCCCNC(=O)CC(N)C(C)(C)C. The Bertz CT molecular complexity index is 221. The maximum atomic E-state index is 11.6. The third-order valence-corrected chi connectivity index (χ3v) is 3.37. The molecule has 1 atom stereocenters. The lowest BCUT2D eigenvalue weighted by Crippen LogP contribution is -2.40. The number of nitrogens with two attached hydrogens (primary N) is 1. The van der Waals surface area contributed by atoms with Gasteiger partial charge in [-0.25, -0.2) is 0 Å². The van der Waals surface area contributed by atoms with Crippen LogP contribution >= 0.6 is 0 Å². The predicted molar refractivity (Wildman–Crippen MR) is 78.4 cm³/mol. The van der Waals surface area contributed by atoms with Gasteiger partial charge >= 0.3 is 0 Å². The van der Waals surface area contributed by atoms with E-state index in [2.05, 4.69) is 33.0 Å². The molecule has 0 aliphatic carbocycles. The Morgan fingerprint density at radius 1 is 1.11 bits per heavy atom. The zero-order valence-corrected chi connectivity index (χ0v) is 12.7. The second-order valence-corrected chi connectivity index (χ2v) is 6.29. The van der Waals surface area contributed by atoms with Crippen molar-refractivity contribution >= 4 is 5.91 Å². The lowest BCUT2D eigenvalue weighted by atomic mass is 9.85. The van der Waals surface area contributed by atoms with E-state index < -0.39 is 0 Å². The van der Waals surface area contributed by atoms with E-state index in [0.717, 1.165) is 13.0 Å². The van der Waals surface area contributed by atoms with Crippen molar-refractivity contribution in [1.82, 2.24) is 5.32 Å². The van der Waals surface area contributed by atoms with Gasteiger partial charge in [0.25, 0.3) is 0 Å². The molecule has 0 aromatic carbocycles. The van der Waals surface area contributed by atoms with Crippen LogP contribution in [-0.4, -0.2) is 18.5 Å². The highest BCUT2D eigenvalue weighted by molar-refractivity contribution is 5.76. The standard InChI is InChI=1S/C15H32N2O/c1-5-6-7-8-9-10-11-17-14(18)12-13(16)15(2,3)4/h13H,5-12,16H2,1-4H3,(H,17,18). The molecule has 0 rings (SSSR count). The van der Waals surface area contributed by atoms with Crippen molar-refractivity contribution in [3.05, 3.63) is 0 Å². The minimum atomic E-state index is -0.0675. The van der Waals surface area contributed by atoms with E-state index in [-0.39, 0.29) is 17.4 Å². The van der Waals surface area contributed by atoms with Crippen molar-refractivity contribution in [1.29, 1.82) is 0 Å². The summed E-state index contributed by atoms with van der Waals surface area (Å²) < 4.78 is 0. The second kappa shape index (κ2) is 9.37. The summed E-state index contributed by atoms with van der Waals surface area (Å²) in [7, 11) is 0. The molecule has 0 aromatic heterocycles. The molecule has 3 N–H and O–H groups in total. The highest BCUT2D eigenvalue weighted by atomic mass is 16.1. The summed E-state index contributed by atoms with van der Waals surface area (Å²) in [6.45, 7) is 9.22. The maximum absolute atomic E-state index is 11.6. The Balaban J connectivity index is 3.48. The molecule has 3 heteroatoms. The topological polar surface area (TPSA) is 55.1 Å². The number of rotatable bonds is 9. The smallest absolute Gasteiger partial charge is 0.221 e. The lowest BCUT2D eigenvalue weighted by molar-refractivity contribution is -0.121. The summed E-state index contributed by atoms with van der Waals surface area (Å²) in [4.78, 5) is 11.6. The number of hydrogen-bond donors (Lipinski definition) is 2. The summed E-state index contributed by atoms with van der Waals surface area (Å²) in [6, 6.07) is -0.0675. The number of carbonyl (C=O) groups excluding carboxylic acids is 1. The van der Waals surface area contributed by atoms with Crippen LogP contribution in [0.15, 0.2) is 0 Å². The van der Waals surface area contributed by atoms with Crippen LogP contribution in [0.25, 0.3) is 0 Å². The number of unbranched alkanes of at least 4 members (excludes halogenated alkanes) is 5. The molecular formula is C15H32N2O. The fraction of sp³-hybridized carbons (Fsp3) is 0.933. The zero-order chi connectivity index (χ0) is 14.0. The molecule has 0 spiro atoms. The molecule has 18 heavy (non-hydrogen) atoms. The van der Waals surface area contributed by atoms with Gasteiger partial charge in [0.1, 0.15) is 0 Å². The van der Waals surface area contributed by atoms with Gasteiger partial charge in [-0.1, -0.05) is 59.8 Å². The van der Waals surface area contributed by atoms with Crippen molar-refractivity contribution in [3.63, 3.8) is 0 Å². The van der Waals surface area contributed by atoms with Crippen LogP contribution in [0.3, 0.4) is 0 Å². The molecule has 0 aromatic rings. The van der Waals surface area contributed by atoms with Crippen LogP contribution in [0.5, 0.6) is 0 Å². The molecule has 0 aliphatic heterocycles. The lowest BCUT2D eigenvalue weighted by Gasteiger charge is -2.26. The highest BCUT2D eigenvalue weighted by Gasteiger charge is 2.22. The summed E-state index contributed by atoms with van der Waals surface area (Å²) in [6.07, 6.45) is 7.93. The van der Waals surface area contributed by atoms with E-state index in [9.17, 15) is 4.79 Å². The summed E-state index contributed by atoms with van der Waals surface area (Å²) in [5.74, 6) is 0.0889. The Morgan fingerprint density at radius 3 is 2.22 bits per heavy atom.